The number of aliphatic hydroxyl groups excluding tert-OH is 2. The van der Waals surface area contributed by atoms with Crippen LogP contribution in [-0.2, 0) is 14.3 Å². The molecule has 44 heavy (non-hydrogen) atoms. The van der Waals surface area contributed by atoms with Crippen LogP contribution in [0.3, 0.4) is 0 Å². The van der Waals surface area contributed by atoms with Gasteiger partial charge in [-0.05, 0) is 61.8 Å². The van der Waals surface area contributed by atoms with E-state index in [0.29, 0.717) is 24.0 Å². The summed E-state index contributed by atoms with van der Waals surface area (Å²) in [7, 11) is 0. The van der Waals surface area contributed by atoms with Crippen molar-refractivity contribution in [3.8, 4) is 17.1 Å². The first-order valence-corrected chi connectivity index (χ1v) is 14.9. The topological polar surface area (TPSA) is 145 Å². The molecule has 10 nitrogen and oxygen atoms in total. The van der Waals surface area contributed by atoms with Gasteiger partial charge in [0.1, 0.15) is 28.8 Å². The van der Waals surface area contributed by atoms with Crippen LogP contribution in [0.25, 0.3) is 11.3 Å². The van der Waals surface area contributed by atoms with Gasteiger partial charge >= 0.3 is 17.6 Å². The van der Waals surface area contributed by atoms with Crippen LogP contribution in [0.1, 0.15) is 69.0 Å². The standard InChI is InChI=1S/C34H37NO9/c1-19(36)41-18-33(3)24-16-26(43-30(39)20-9-6-5-7-10-20)34(4)29(32(24,2)13-12-25(33)37)28(38)27-23(44-34)15-22(42-31(27)40)21-11-8-14-35-17-21/h5-11,14-15,17,24-26,28-29,37-38H,12-13,16,18H2,1-4H3/t24-,25+,26+,28+,29-,32+,33+,34-/m1/s1. The Balaban J connectivity index is 1.49. The van der Waals surface area contributed by atoms with E-state index in [9.17, 15) is 24.6 Å². The molecule has 3 aliphatic rings. The number of fused-ring (bicyclic) bond motifs is 4. The van der Waals surface area contributed by atoms with Crippen LogP contribution in [0.4, 0.5) is 0 Å². The maximum absolute atomic E-state index is 13.5. The second-order valence-corrected chi connectivity index (χ2v) is 13.0. The Kier molecular flexibility index (Phi) is 7.41. The molecule has 1 aromatic carbocycles. The van der Waals surface area contributed by atoms with Gasteiger partial charge in [-0.1, -0.05) is 32.0 Å². The van der Waals surface area contributed by atoms with Gasteiger partial charge in [-0.2, -0.15) is 0 Å². The number of rotatable bonds is 5. The summed E-state index contributed by atoms with van der Waals surface area (Å²) in [5.74, 6) is -1.83. The van der Waals surface area contributed by atoms with E-state index in [4.69, 9.17) is 18.6 Å². The number of ether oxygens (including phenoxy) is 3. The minimum absolute atomic E-state index is 0.0112. The summed E-state index contributed by atoms with van der Waals surface area (Å²) in [5.41, 5.74) is -2.80. The number of pyridine rings is 1. The highest BCUT2D eigenvalue weighted by Crippen LogP contribution is 2.67. The Bertz CT molecular complexity index is 1620. The Morgan fingerprint density at radius 3 is 2.52 bits per heavy atom. The molecule has 3 aromatic rings. The molecule has 6 rings (SSSR count). The number of aromatic nitrogens is 1. The summed E-state index contributed by atoms with van der Waals surface area (Å²) in [5, 5.41) is 23.5. The number of nitrogens with zero attached hydrogens (tertiary/aromatic N) is 1. The first kappa shape index (κ1) is 30.0. The van der Waals surface area contributed by atoms with Crippen molar-refractivity contribution in [2.45, 2.75) is 70.9 Å². The molecule has 0 amide bonds. The number of benzene rings is 1. The predicted molar refractivity (Wildman–Crippen MR) is 158 cm³/mol. The van der Waals surface area contributed by atoms with Gasteiger partial charge < -0.3 is 28.8 Å². The zero-order chi connectivity index (χ0) is 31.4. The van der Waals surface area contributed by atoms with Gasteiger partial charge in [-0.3, -0.25) is 9.78 Å². The second-order valence-electron chi connectivity index (χ2n) is 13.0. The summed E-state index contributed by atoms with van der Waals surface area (Å²) < 4.78 is 24.1. The molecule has 8 atom stereocenters. The minimum Gasteiger partial charge on any atom is -0.482 e. The minimum atomic E-state index is -1.35. The number of hydrogen-bond donors (Lipinski definition) is 2. The molecular formula is C34H37NO9. The van der Waals surface area contributed by atoms with Crippen molar-refractivity contribution in [2.24, 2.45) is 22.7 Å². The zero-order valence-corrected chi connectivity index (χ0v) is 25.2. The van der Waals surface area contributed by atoms with E-state index < -0.39 is 64.1 Å². The van der Waals surface area contributed by atoms with Gasteiger partial charge in [-0.15, -0.1) is 0 Å². The third-order valence-electron chi connectivity index (χ3n) is 10.4. The normalized spacial score (nSPS) is 34.0. The van der Waals surface area contributed by atoms with E-state index in [1.165, 1.54) is 6.92 Å². The highest BCUT2D eigenvalue weighted by Gasteiger charge is 2.70. The molecule has 0 saturated heterocycles. The average Bonchev–Trinajstić information content (AvgIpc) is 2.99. The predicted octanol–water partition coefficient (Wildman–Crippen LogP) is 4.48. The number of esters is 2. The van der Waals surface area contributed by atoms with Gasteiger partial charge in [0, 0.05) is 42.3 Å². The molecule has 232 valence electrons. The lowest BCUT2D eigenvalue weighted by Crippen LogP contribution is -2.71. The number of carbonyl (C=O) groups is 2. The smallest absolute Gasteiger partial charge is 0.345 e. The quantitative estimate of drug-likeness (QED) is 0.401. The highest BCUT2D eigenvalue weighted by atomic mass is 16.6. The van der Waals surface area contributed by atoms with Gasteiger partial charge in [0.05, 0.1) is 24.4 Å². The molecular weight excluding hydrogens is 566 g/mol. The van der Waals surface area contributed by atoms with E-state index in [2.05, 4.69) is 4.98 Å². The first-order valence-electron chi connectivity index (χ1n) is 14.9. The molecule has 2 N–H and O–H groups in total. The van der Waals surface area contributed by atoms with E-state index in [-0.39, 0.29) is 30.1 Å². The molecule has 2 saturated carbocycles. The van der Waals surface area contributed by atoms with Crippen LogP contribution >= 0.6 is 0 Å². The van der Waals surface area contributed by atoms with Crippen molar-refractivity contribution in [1.82, 2.24) is 4.98 Å². The number of carbonyl (C=O) groups excluding carboxylic acids is 2. The number of hydrogen-bond acceptors (Lipinski definition) is 10. The highest BCUT2D eigenvalue weighted by molar-refractivity contribution is 5.89. The fraction of sp³-hybridized carbons (Fsp3) is 0.471. The van der Waals surface area contributed by atoms with E-state index in [1.54, 1.807) is 67.8 Å². The Morgan fingerprint density at radius 2 is 1.84 bits per heavy atom. The van der Waals surface area contributed by atoms with E-state index in [0.717, 1.165) is 0 Å². The van der Waals surface area contributed by atoms with Gasteiger partial charge in [0.15, 0.2) is 0 Å². The monoisotopic (exact) mass is 603 g/mol. The third-order valence-corrected chi connectivity index (χ3v) is 10.4. The molecule has 0 unspecified atom stereocenters. The van der Waals surface area contributed by atoms with Gasteiger partial charge in [0.2, 0.25) is 0 Å². The van der Waals surface area contributed by atoms with Crippen LogP contribution in [-0.4, -0.2) is 51.6 Å². The van der Waals surface area contributed by atoms with Crippen LogP contribution in [0.5, 0.6) is 5.75 Å². The van der Waals surface area contributed by atoms with Crippen molar-refractivity contribution in [3.05, 3.63) is 82.5 Å². The lowest BCUT2D eigenvalue weighted by Gasteiger charge is -2.66. The van der Waals surface area contributed by atoms with Crippen LogP contribution in [0, 0.1) is 22.7 Å². The zero-order valence-electron chi connectivity index (χ0n) is 25.2. The summed E-state index contributed by atoms with van der Waals surface area (Å²) >= 11 is 0. The third kappa shape index (κ3) is 4.71. The molecule has 2 aliphatic carbocycles. The van der Waals surface area contributed by atoms with Crippen molar-refractivity contribution < 1.29 is 38.4 Å². The van der Waals surface area contributed by atoms with Crippen molar-refractivity contribution in [2.75, 3.05) is 6.61 Å². The average molecular weight is 604 g/mol. The maximum Gasteiger partial charge on any atom is 0.345 e. The Hall–Kier alpha value is -4.02. The summed E-state index contributed by atoms with van der Waals surface area (Å²) in [6, 6.07) is 13.6. The molecule has 0 radical (unpaired) electrons. The molecule has 1 aliphatic heterocycles. The van der Waals surface area contributed by atoms with Gasteiger partial charge in [-0.25, -0.2) is 9.59 Å². The molecule has 2 fully saturated rings. The van der Waals surface area contributed by atoms with Crippen molar-refractivity contribution in [1.29, 1.82) is 0 Å². The largest absolute Gasteiger partial charge is 0.482 e. The fourth-order valence-corrected chi connectivity index (χ4v) is 8.23. The van der Waals surface area contributed by atoms with Crippen LogP contribution < -0.4 is 10.4 Å². The Morgan fingerprint density at radius 1 is 1.09 bits per heavy atom. The van der Waals surface area contributed by atoms with Crippen molar-refractivity contribution >= 4 is 11.9 Å². The lowest BCUT2D eigenvalue weighted by atomic mass is 9.42. The van der Waals surface area contributed by atoms with Crippen LogP contribution in [0.15, 0.2) is 70.1 Å². The lowest BCUT2D eigenvalue weighted by molar-refractivity contribution is -0.264. The fourth-order valence-electron chi connectivity index (χ4n) is 8.23. The molecule has 0 bridgehead atoms. The Labute approximate surface area is 255 Å². The van der Waals surface area contributed by atoms with Crippen molar-refractivity contribution in [3.63, 3.8) is 0 Å². The van der Waals surface area contributed by atoms with Gasteiger partial charge in [0.25, 0.3) is 0 Å². The molecule has 0 spiro atoms. The number of aliphatic hydroxyl groups is 2. The maximum atomic E-state index is 13.5. The summed E-state index contributed by atoms with van der Waals surface area (Å²) in [4.78, 5) is 43.0. The molecule has 3 heterocycles. The van der Waals surface area contributed by atoms with E-state index >= 15 is 0 Å². The van der Waals surface area contributed by atoms with Crippen LogP contribution in [0.2, 0.25) is 0 Å². The second kappa shape index (κ2) is 10.9. The van der Waals surface area contributed by atoms with E-state index in [1.807, 2.05) is 13.8 Å². The SMILES string of the molecule is CC(=O)OC[C@@]1(C)[C@@H]2C[C@H](OC(=O)c3ccccc3)[C@@]3(C)Oc4cc(-c5cccnc5)oc(=O)c4[C@H](O)[C@@H]3[C@@]2(C)CC[C@@H]1O. The summed E-state index contributed by atoms with van der Waals surface area (Å²) in [6.07, 6.45) is 1.21. The first-order chi connectivity index (χ1) is 20.9. The molecule has 10 heteroatoms. The summed E-state index contributed by atoms with van der Waals surface area (Å²) in [6.45, 7) is 6.93. The molecule has 2 aromatic heterocycles.